The summed E-state index contributed by atoms with van der Waals surface area (Å²) in [5.41, 5.74) is 1.70. The highest BCUT2D eigenvalue weighted by atomic mass is 35.5. The smallest absolute Gasteiger partial charge is 0.266 e. The van der Waals surface area contributed by atoms with Gasteiger partial charge in [-0.3, -0.25) is 4.79 Å². The Morgan fingerprint density at radius 1 is 1.32 bits per heavy atom. The molecule has 0 aliphatic carbocycles. The van der Waals surface area contributed by atoms with Gasteiger partial charge in [0.05, 0.1) is 0 Å². The molecule has 0 saturated carbocycles. The highest BCUT2D eigenvalue weighted by molar-refractivity contribution is 6.30. The first-order chi connectivity index (χ1) is 10.5. The molecule has 0 spiro atoms. The molecule has 0 heterocycles. The van der Waals surface area contributed by atoms with Gasteiger partial charge < -0.3 is 10.4 Å². The Morgan fingerprint density at radius 2 is 2.05 bits per heavy atom. The molecule has 0 atom stereocenters. The molecule has 2 aromatic rings. The van der Waals surface area contributed by atoms with Crippen LogP contribution in [-0.4, -0.2) is 11.0 Å². The Labute approximate surface area is 133 Å². The van der Waals surface area contributed by atoms with Gasteiger partial charge in [-0.25, -0.2) is 0 Å². The van der Waals surface area contributed by atoms with Crippen LogP contribution in [-0.2, 0) is 4.79 Å². The fraction of sp³-hybridized carbons (Fsp3) is 0.0588. The Bertz CT molecular complexity index is 791. The van der Waals surface area contributed by atoms with Crippen molar-refractivity contribution in [1.29, 1.82) is 5.26 Å². The van der Waals surface area contributed by atoms with Crippen LogP contribution in [0.4, 0.5) is 5.69 Å². The SMILES string of the molecule is Cc1ccccc1NC(=O)/C(C#N)=C\c1cc(Cl)ccc1O. The number of phenols is 1. The summed E-state index contributed by atoms with van der Waals surface area (Å²) in [7, 11) is 0. The fourth-order valence-electron chi connectivity index (χ4n) is 1.85. The third kappa shape index (κ3) is 3.66. The van der Waals surface area contributed by atoms with Gasteiger partial charge in [-0.15, -0.1) is 0 Å². The predicted molar refractivity (Wildman–Crippen MR) is 86.5 cm³/mol. The van der Waals surface area contributed by atoms with Gasteiger partial charge in [-0.2, -0.15) is 5.26 Å². The Balaban J connectivity index is 2.30. The van der Waals surface area contributed by atoms with Gasteiger partial charge in [-0.1, -0.05) is 29.8 Å². The highest BCUT2D eigenvalue weighted by Gasteiger charge is 2.12. The van der Waals surface area contributed by atoms with Crippen molar-refractivity contribution in [1.82, 2.24) is 0 Å². The van der Waals surface area contributed by atoms with E-state index in [2.05, 4.69) is 5.32 Å². The number of carbonyl (C=O) groups excluding carboxylic acids is 1. The molecular formula is C17H13ClN2O2. The van der Waals surface area contributed by atoms with Crippen LogP contribution in [0, 0.1) is 18.3 Å². The zero-order chi connectivity index (χ0) is 16.1. The van der Waals surface area contributed by atoms with Crippen LogP contribution >= 0.6 is 11.6 Å². The van der Waals surface area contributed by atoms with Crippen LogP contribution in [0.25, 0.3) is 6.08 Å². The lowest BCUT2D eigenvalue weighted by Gasteiger charge is -2.07. The molecule has 1 amide bonds. The highest BCUT2D eigenvalue weighted by Crippen LogP contribution is 2.24. The van der Waals surface area contributed by atoms with Crippen LogP contribution in [0.2, 0.25) is 5.02 Å². The molecule has 0 aromatic heterocycles. The van der Waals surface area contributed by atoms with Crippen molar-refractivity contribution in [3.05, 3.63) is 64.2 Å². The van der Waals surface area contributed by atoms with Crippen molar-refractivity contribution in [2.75, 3.05) is 5.32 Å². The number of carbonyl (C=O) groups is 1. The minimum absolute atomic E-state index is 0.0548. The molecule has 2 N–H and O–H groups in total. The molecule has 4 nitrogen and oxygen atoms in total. The van der Waals surface area contributed by atoms with Crippen LogP contribution in [0.1, 0.15) is 11.1 Å². The number of nitrogens with zero attached hydrogens (tertiary/aromatic N) is 1. The van der Waals surface area contributed by atoms with E-state index in [0.29, 0.717) is 16.3 Å². The summed E-state index contributed by atoms with van der Waals surface area (Å²) in [5, 5.41) is 22.0. The predicted octanol–water partition coefficient (Wildman–Crippen LogP) is 3.90. The quantitative estimate of drug-likeness (QED) is 0.667. The van der Waals surface area contributed by atoms with Crippen molar-refractivity contribution in [3.63, 3.8) is 0 Å². The normalized spacial score (nSPS) is 10.9. The number of phenolic OH excluding ortho intramolecular Hbond substituents is 1. The molecule has 0 aliphatic rings. The van der Waals surface area contributed by atoms with Gasteiger partial charge in [0, 0.05) is 16.3 Å². The summed E-state index contributed by atoms with van der Waals surface area (Å²) < 4.78 is 0. The molecule has 2 rings (SSSR count). The molecule has 0 saturated heterocycles. The lowest BCUT2D eigenvalue weighted by atomic mass is 10.1. The number of hydrogen-bond acceptors (Lipinski definition) is 3. The second kappa shape index (κ2) is 6.79. The summed E-state index contributed by atoms with van der Waals surface area (Å²) in [6.45, 7) is 1.86. The number of nitriles is 1. The van der Waals surface area contributed by atoms with Gasteiger partial charge in [0.2, 0.25) is 0 Å². The number of halogens is 1. The number of rotatable bonds is 3. The monoisotopic (exact) mass is 312 g/mol. The summed E-state index contributed by atoms with van der Waals surface area (Å²) >= 11 is 5.85. The first kappa shape index (κ1) is 15.6. The van der Waals surface area contributed by atoms with Crippen LogP contribution < -0.4 is 5.32 Å². The van der Waals surface area contributed by atoms with Gasteiger partial charge in [-0.05, 0) is 42.8 Å². The van der Waals surface area contributed by atoms with Gasteiger partial charge in [0.25, 0.3) is 5.91 Å². The zero-order valence-electron chi connectivity index (χ0n) is 11.8. The number of nitrogens with one attached hydrogen (secondary N) is 1. The largest absolute Gasteiger partial charge is 0.507 e. The summed E-state index contributed by atoms with van der Waals surface area (Å²) in [4.78, 5) is 12.2. The van der Waals surface area contributed by atoms with E-state index in [1.807, 2.05) is 25.1 Å². The first-order valence-corrected chi connectivity index (χ1v) is 6.86. The lowest BCUT2D eigenvalue weighted by molar-refractivity contribution is -0.112. The third-order valence-electron chi connectivity index (χ3n) is 3.05. The molecule has 0 unspecified atom stereocenters. The van der Waals surface area contributed by atoms with E-state index in [1.165, 1.54) is 24.3 Å². The second-order valence-electron chi connectivity index (χ2n) is 4.64. The second-order valence-corrected chi connectivity index (χ2v) is 5.08. The van der Waals surface area contributed by atoms with Crippen molar-refractivity contribution in [2.24, 2.45) is 0 Å². The van der Waals surface area contributed by atoms with E-state index in [-0.39, 0.29) is 11.3 Å². The average molecular weight is 313 g/mol. The van der Waals surface area contributed by atoms with Crippen LogP contribution in [0.3, 0.4) is 0 Å². The standard InChI is InChI=1S/C17H13ClN2O2/c1-11-4-2-3-5-15(11)20-17(22)13(10-19)8-12-9-14(18)6-7-16(12)21/h2-9,21H,1H3,(H,20,22)/b13-8-. The van der Waals surface area contributed by atoms with Crippen molar-refractivity contribution < 1.29 is 9.90 Å². The van der Waals surface area contributed by atoms with Crippen molar-refractivity contribution in [2.45, 2.75) is 6.92 Å². The van der Waals surface area contributed by atoms with E-state index in [0.717, 1.165) is 5.56 Å². The van der Waals surface area contributed by atoms with Crippen molar-refractivity contribution in [3.8, 4) is 11.8 Å². The summed E-state index contributed by atoms with van der Waals surface area (Å²) in [5.74, 6) is -0.600. The minimum Gasteiger partial charge on any atom is -0.507 e. The maximum atomic E-state index is 12.2. The van der Waals surface area contributed by atoms with Crippen LogP contribution in [0.15, 0.2) is 48.0 Å². The molecule has 22 heavy (non-hydrogen) atoms. The van der Waals surface area contributed by atoms with Crippen molar-refractivity contribution >= 4 is 29.3 Å². The molecule has 2 aromatic carbocycles. The van der Waals surface area contributed by atoms with Gasteiger partial charge in [0.15, 0.2) is 0 Å². The maximum Gasteiger partial charge on any atom is 0.266 e. The number of hydrogen-bond donors (Lipinski definition) is 2. The molecule has 0 fully saturated rings. The topological polar surface area (TPSA) is 73.1 Å². The van der Waals surface area contributed by atoms with E-state index in [4.69, 9.17) is 11.6 Å². The molecular weight excluding hydrogens is 300 g/mol. The average Bonchev–Trinajstić information content (AvgIpc) is 2.50. The number of para-hydroxylation sites is 1. The molecule has 110 valence electrons. The number of anilines is 1. The number of aryl methyl sites for hydroxylation is 1. The zero-order valence-corrected chi connectivity index (χ0v) is 12.6. The summed E-state index contributed by atoms with van der Waals surface area (Å²) in [6, 6.07) is 13.5. The molecule has 0 bridgehead atoms. The first-order valence-electron chi connectivity index (χ1n) is 6.48. The molecule has 0 radical (unpaired) electrons. The number of amides is 1. The van der Waals surface area contributed by atoms with Crippen LogP contribution in [0.5, 0.6) is 5.75 Å². The molecule has 5 heteroatoms. The number of benzene rings is 2. The van der Waals surface area contributed by atoms with E-state index < -0.39 is 5.91 Å². The van der Waals surface area contributed by atoms with E-state index in [9.17, 15) is 15.2 Å². The maximum absolute atomic E-state index is 12.2. The fourth-order valence-corrected chi connectivity index (χ4v) is 2.03. The van der Waals surface area contributed by atoms with Gasteiger partial charge >= 0.3 is 0 Å². The Hall–Kier alpha value is -2.77. The Morgan fingerprint density at radius 3 is 2.73 bits per heavy atom. The lowest BCUT2D eigenvalue weighted by Crippen LogP contribution is -2.14. The molecule has 0 aliphatic heterocycles. The minimum atomic E-state index is -0.545. The Kier molecular flexibility index (Phi) is 4.82. The van der Waals surface area contributed by atoms with Gasteiger partial charge in [0.1, 0.15) is 17.4 Å². The summed E-state index contributed by atoms with van der Waals surface area (Å²) in [6.07, 6.45) is 1.30. The third-order valence-corrected chi connectivity index (χ3v) is 3.28. The number of aromatic hydroxyl groups is 1. The van der Waals surface area contributed by atoms with E-state index in [1.54, 1.807) is 12.1 Å². The van der Waals surface area contributed by atoms with E-state index >= 15 is 0 Å².